The molecule has 0 saturated carbocycles. The van der Waals surface area contributed by atoms with Crippen molar-refractivity contribution < 1.29 is 14.4 Å². The van der Waals surface area contributed by atoms with E-state index in [0.717, 1.165) is 5.56 Å². The van der Waals surface area contributed by atoms with Crippen LogP contribution < -0.4 is 10.6 Å². The first-order valence-electron chi connectivity index (χ1n) is 5.38. The lowest BCUT2D eigenvalue weighted by molar-refractivity contribution is -0.122. The minimum atomic E-state index is -0.322. The minimum absolute atomic E-state index is 0.0823. The summed E-state index contributed by atoms with van der Waals surface area (Å²) in [5, 5.41) is 5.06. The van der Waals surface area contributed by atoms with E-state index in [1.807, 2.05) is 0 Å². The largest absolute Gasteiger partial charge is 0.347 e. The molecule has 2 N–H and O–H groups in total. The molecule has 94 valence electrons. The van der Waals surface area contributed by atoms with E-state index in [1.54, 1.807) is 30.3 Å². The van der Waals surface area contributed by atoms with Gasteiger partial charge >= 0.3 is 0 Å². The Hall–Kier alpha value is -2.43. The molecule has 2 amide bonds. The van der Waals surface area contributed by atoms with Crippen LogP contribution in [0.2, 0.25) is 0 Å². The van der Waals surface area contributed by atoms with Gasteiger partial charge in [-0.25, -0.2) is 0 Å². The molecule has 0 radical (unpaired) electrons. The maximum absolute atomic E-state index is 11.5. The van der Waals surface area contributed by atoms with E-state index in [4.69, 9.17) is 0 Å². The third-order valence-corrected chi connectivity index (χ3v) is 2.09. The second-order valence-corrected chi connectivity index (χ2v) is 3.54. The quantitative estimate of drug-likeness (QED) is 0.600. The lowest BCUT2D eigenvalue weighted by Crippen LogP contribution is -2.31. The topological polar surface area (TPSA) is 75.3 Å². The Balaban J connectivity index is 2.71. The first-order chi connectivity index (χ1) is 8.63. The molecule has 18 heavy (non-hydrogen) atoms. The maximum atomic E-state index is 11.5. The molecule has 5 heteroatoms. The van der Waals surface area contributed by atoms with Crippen molar-refractivity contribution in [1.29, 1.82) is 0 Å². The lowest BCUT2D eigenvalue weighted by Gasteiger charge is -2.08. The van der Waals surface area contributed by atoms with Gasteiger partial charge in [0.2, 0.25) is 11.8 Å². The maximum Gasteiger partial charge on any atom is 0.243 e. The number of hydrogen-bond acceptors (Lipinski definition) is 3. The van der Waals surface area contributed by atoms with Gasteiger partial charge in [-0.2, -0.15) is 0 Å². The first kappa shape index (κ1) is 13.6. The van der Waals surface area contributed by atoms with Crippen LogP contribution in [0.15, 0.2) is 30.3 Å². The molecule has 0 unspecified atom stereocenters. The van der Waals surface area contributed by atoms with Gasteiger partial charge in [-0.3, -0.25) is 14.4 Å². The van der Waals surface area contributed by atoms with Crippen LogP contribution in [0, 0.1) is 0 Å². The zero-order chi connectivity index (χ0) is 13.4. The number of rotatable bonds is 5. The summed E-state index contributed by atoms with van der Waals surface area (Å²) in [7, 11) is 0. The zero-order valence-corrected chi connectivity index (χ0v) is 9.97. The first-order valence-corrected chi connectivity index (χ1v) is 5.38. The smallest absolute Gasteiger partial charge is 0.243 e. The van der Waals surface area contributed by atoms with E-state index in [9.17, 15) is 14.4 Å². The van der Waals surface area contributed by atoms with Gasteiger partial charge < -0.3 is 10.6 Å². The number of carbonyl (C=O) groups excluding carboxylic acids is 3. The highest BCUT2D eigenvalue weighted by Crippen LogP contribution is 2.16. The highest BCUT2D eigenvalue weighted by Gasteiger charge is 2.05. The molecule has 1 aromatic carbocycles. The van der Waals surface area contributed by atoms with E-state index < -0.39 is 0 Å². The Morgan fingerprint density at radius 2 is 2.00 bits per heavy atom. The molecule has 0 heterocycles. The number of aldehydes is 1. The lowest BCUT2D eigenvalue weighted by atomic mass is 10.1. The molecule has 0 aliphatic heterocycles. The van der Waals surface area contributed by atoms with Crippen LogP contribution in [0.5, 0.6) is 0 Å². The van der Waals surface area contributed by atoms with Crippen molar-refractivity contribution >= 4 is 29.9 Å². The molecule has 1 rings (SSSR count). The van der Waals surface area contributed by atoms with E-state index in [-0.39, 0.29) is 18.4 Å². The van der Waals surface area contributed by atoms with Crippen LogP contribution in [-0.4, -0.2) is 24.6 Å². The van der Waals surface area contributed by atoms with Crippen molar-refractivity contribution in [3.05, 3.63) is 35.9 Å². The van der Waals surface area contributed by atoms with Crippen LogP contribution >= 0.6 is 0 Å². The van der Waals surface area contributed by atoms with E-state index in [1.165, 1.54) is 13.0 Å². The molecule has 1 aromatic rings. The van der Waals surface area contributed by atoms with Crippen LogP contribution in [0.1, 0.15) is 12.5 Å². The molecule has 0 fully saturated rings. The molecule has 0 bridgehead atoms. The molecule has 0 saturated heterocycles. The molecule has 0 spiro atoms. The second kappa shape index (κ2) is 7.01. The fraction of sp³-hybridized carbons (Fsp3) is 0.154. The number of allylic oxidation sites excluding steroid dienone is 1. The summed E-state index contributed by atoms with van der Waals surface area (Å²) in [6.45, 7) is 1.26. The molecule has 0 aliphatic carbocycles. The molecular weight excluding hydrogens is 232 g/mol. The summed E-state index contributed by atoms with van der Waals surface area (Å²) >= 11 is 0. The number of carbonyl (C=O) groups is 3. The van der Waals surface area contributed by atoms with Gasteiger partial charge in [0, 0.05) is 12.6 Å². The summed E-state index contributed by atoms with van der Waals surface area (Å²) in [5.41, 5.74) is 1.31. The number of amides is 2. The SMILES string of the molecule is CC(=O)NCC(=O)Nc1ccccc1/C=C/C=O. The van der Waals surface area contributed by atoms with Crippen molar-refractivity contribution in [3.63, 3.8) is 0 Å². The molecule has 0 aromatic heterocycles. The van der Waals surface area contributed by atoms with Gasteiger partial charge in [-0.1, -0.05) is 18.2 Å². The molecule has 5 nitrogen and oxygen atoms in total. The summed E-state index contributed by atoms with van der Waals surface area (Å²) < 4.78 is 0. The fourth-order valence-corrected chi connectivity index (χ4v) is 1.30. The van der Waals surface area contributed by atoms with Crippen LogP contribution in [0.4, 0.5) is 5.69 Å². The predicted molar refractivity (Wildman–Crippen MR) is 68.9 cm³/mol. The highest BCUT2D eigenvalue weighted by molar-refractivity contribution is 5.96. The summed E-state index contributed by atoms with van der Waals surface area (Å²) in [4.78, 5) is 32.5. The zero-order valence-electron chi connectivity index (χ0n) is 9.97. The predicted octanol–water partition coefficient (Wildman–Crippen LogP) is 0.973. The van der Waals surface area contributed by atoms with Crippen molar-refractivity contribution in [1.82, 2.24) is 5.32 Å². The van der Waals surface area contributed by atoms with Gasteiger partial charge in [0.1, 0.15) is 6.29 Å². The van der Waals surface area contributed by atoms with Crippen LogP contribution in [0.25, 0.3) is 6.08 Å². The highest BCUT2D eigenvalue weighted by atomic mass is 16.2. The Bertz CT molecular complexity index is 481. The molecule has 0 atom stereocenters. The number of nitrogens with one attached hydrogen (secondary N) is 2. The van der Waals surface area contributed by atoms with E-state index in [2.05, 4.69) is 10.6 Å². The molecule has 0 aliphatic rings. The second-order valence-electron chi connectivity index (χ2n) is 3.54. The number of benzene rings is 1. The summed E-state index contributed by atoms with van der Waals surface area (Å²) in [5.74, 6) is -0.587. The van der Waals surface area contributed by atoms with E-state index in [0.29, 0.717) is 12.0 Å². The number of anilines is 1. The van der Waals surface area contributed by atoms with Crippen LogP contribution in [0.3, 0.4) is 0 Å². The Kier molecular flexibility index (Phi) is 5.31. The van der Waals surface area contributed by atoms with Crippen molar-refractivity contribution in [2.45, 2.75) is 6.92 Å². The van der Waals surface area contributed by atoms with Crippen molar-refractivity contribution in [2.75, 3.05) is 11.9 Å². The summed E-state index contributed by atoms with van der Waals surface area (Å²) in [6, 6.07) is 7.06. The average molecular weight is 246 g/mol. The minimum Gasteiger partial charge on any atom is -0.347 e. The van der Waals surface area contributed by atoms with Gasteiger partial charge in [-0.15, -0.1) is 0 Å². The number of hydrogen-bond donors (Lipinski definition) is 2. The van der Waals surface area contributed by atoms with Gasteiger partial charge in [0.25, 0.3) is 0 Å². The standard InChI is InChI=1S/C13H14N2O3/c1-10(17)14-9-13(18)15-12-7-3-2-5-11(12)6-4-8-16/h2-8H,9H2,1H3,(H,14,17)(H,15,18)/b6-4+. The third kappa shape index (κ3) is 4.61. The van der Waals surface area contributed by atoms with Gasteiger partial charge in [0.05, 0.1) is 6.54 Å². The average Bonchev–Trinajstić information content (AvgIpc) is 2.35. The van der Waals surface area contributed by atoms with Gasteiger partial charge in [-0.05, 0) is 23.8 Å². The number of para-hydroxylation sites is 1. The Morgan fingerprint density at radius 3 is 2.67 bits per heavy atom. The van der Waals surface area contributed by atoms with Gasteiger partial charge in [0.15, 0.2) is 0 Å². The fourth-order valence-electron chi connectivity index (χ4n) is 1.30. The van der Waals surface area contributed by atoms with Crippen molar-refractivity contribution in [2.24, 2.45) is 0 Å². The Labute approximate surface area is 105 Å². The van der Waals surface area contributed by atoms with Crippen molar-refractivity contribution in [3.8, 4) is 0 Å². The summed E-state index contributed by atoms with van der Waals surface area (Å²) in [6.07, 6.45) is 3.61. The molecular formula is C13H14N2O3. The van der Waals surface area contributed by atoms with Crippen LogP contribution in [-0.2, 0) is 14.4 Å². The monoisotopic (exact) mass is 246 g/mol. The van der Waals surface area contributed by atoms with E-state index >= 15 is 0 Å². The normalized spacial score (nSPS) is 10.1. The Morgan fingerprint density at radius 1 is 1.28 bits per heavy atom. The third-order valence-electron chi connectivity index (χ3n) is 2.09.